The van der Waals surface area contributed by atoms with Crippen LogP contribution in [0.1, 0.15) is 26.4 Å². The number of nitrogens with zero attached hydrogens (tertiary/aromatic N) is 5. The van der Waals surface area contributed by atoms with Gasteiger partial charge in [0.1, 0.15) is 17.1 Å². The molecule has 12 heteroatoms. The number of anilines is 2. The molecule has 1 fully saturated rings. The third-order valence-corrected chi connectivity index (χ3v) is 6.83. The van der Waals surface area contributed by atoms with Crippen molar-refractivity contribution in [2.24, 2.45) is 0 Å². The monoisotopic (exact) mass is 565 g/mol. The van der Waals surface area contributed by atoms with E-state index in [0.717, 1.165) is 18.0 Å². The minimum Gasteiger partial charge on any atom is -0.465 e. The number of esters is 2. The van der Waals surface area contributed by atoms with Crippen LogP contribution in [0.4, 0.5) is 24.7 Å². The van der Waals surface area contributed by atoms with E-state index in [9.17, 15) is 22.8 Å². The minimum absolute atomic E-state index is 0.0248. The van der Waals surface area contributed by atoms with Crippen molar-refractivity contribution in [1.82, 2.24) is 14.8 Å². The number of carbonyl (C=O) groups is 2. The molecule has 2 aromatic carbocycles. The van der Waals surface area contributed by atoms with Gasteiger partial charge < -0.3 is 19.3 Å². The molecule has 5 rings (SSSR count). The Morgan fingerprint density at radius 3 is 2.05 bits per heavy atom. The molecule has 9 nitrogen and oxygen atoms in total. The first-order chi connectivity index (χ1) is 19.7. The summed E-state index contributed by atoms with van der Waals surface area (Å²) < 4.78 is 50.3. The van der Waals surface area contributed by atoms with Crippen LogP contribution in [0.5, 0.6) is 0 Å². The lowest BCUT2D eigenvalue weighted by Gasteiger charge is -2.37. The van der Waals surface area contributed by atoms with Gasteiger partial charge in [0.05, 0.1) is 25.5 Å². The van der Waals surface area contributed by atoms with Crippen molar-refractivity contribution in [3.63, 3.8) is 0 Å². The van der Waals surface area contributed by atoms with Crippen LogP contribution in [0, 0.1) is 0 Å². The Morgan fingerprint density at radius 2 is 1.44 bits per heavy atom. The van der Waals surface area contributed by atoms with Crippen LogP contribution in [-0.2, 0) is 15.7 Å². The fourth-order valence-corrected chi connectivity index (χ4v) is 4.81. The summed E-state index contributed by atoms with van der Waals surface area (Å²) in [5, 5.41) is 4.71. The Hall–Kier alpha value is -4.87. The van der Waals surface area contributed by atoms with E-state index in [1.165, 1.54) is 25.0 Å². The molecule has 0 aliphatic carbocycles. The highest BCUT2D eigenvalue weighted by molar-refractivity contribution is 6.07. The zero-order valence-corrected chi connectivity index (χ0v) is 22.3. The van der Waals surface area contributed by atoms with Gasteiger partial charge in [0.2, 0.25) is 0 Å². The highest BCUT2D eigenvalue weighted by atomic mass is 19.4. The van der Waals surface area contributed by atoms with Crippen LogP contribution in [0.2, 0.25) is 0 Å². The minimum atomic E-state index is -4.45. The van der Waals surface area contributed by atoms with Gasteiger partial charge in [-0.3, -0.25) is 0 Å². The number of rotatable bonds is 6. The number of hydrogen-bond acceptors (Lipinski definition) is 8. The predicted octanol–water partition coefficient (Wildman–Crippen LogP) is 4.85. The van der Waals surface area contributed by atoms with Gasteiger partial charge in [0.15, 0.2) is 5.69 Å². The zero-order valence-electron chi connectivity index (χ0n) is 22.3. The van der Waals surface area contributed by atoms with E-state index in [1.807, 2.05) is 35.2 Å². The van der Waals surface area contributed by atoms with Gasteiger partial charge in [-0.05, 0) is 30.3 Å². The van der Waals surface area contributed by atoms with Crippen LogP contribution < -0.4 is 9.80 Å². The molecule has 4 aromatic rings. The maximum Gasteiger partial charge on any atom is 0.417 e. The highest BCUT2D eigenvalue weighted by Crippen LogP contribution is 2.36. The third kappa shape index (κ3) is 5.45. The molecule has 0 bridgehead atoms. The number of aromatic nitrogens is 3. The number of benzene rings is 2. The molecule has 0 amide bonds. The molecule has 2 aromatic heterocycles. The number of hydrogen-bond donors (Lipinski definition) is 0. The normalized spacial score (nSPS) is 13.7. The van der Waals surface area contributed by atoms with Gasteiger partial charge in [-0.15, -0.1) is 0 Å². The van der Waals surface area contributed by atoms with Gasteiger partial charge in [-0.25, -0.2) is 19.3 Å². The number of para-hydroxylation sites is 2. The van der Waals surface area contributed by atoms with Crippen molar-refractivity contribution in [2.45, 2.75) is 6.18 Å². The second kappa shape index (κ2) is 11.3. The largest absolute Gasteiger partial charge is 0.465 e. The van der Waals surface area contributed by atoms with Crippen molar-refractivity contribution < 1.29 is 32.2 Å². The fraction of sp³-hybridized carbons (Fsp3) is 0.241. The van der Waals surface area contributed by atoms with Crippen LogP contribution in [0.15, 0.2) is 72.9 Å². The lowest BCUT2D eigenvalue weighted by Crippen LogP contribution is -2.47. The van der Waals surface area contributed by atoms with E-state index in [2.05, 4.69) is 9.88 Å². The van der Waals surface area contributed by atoms with E-state index in [1.54, 1.807) is 24.3 Å². The molecule has 41 heavy (non-hydrogen) atoms. The average molecular weight is 566 g/mol. The molecular formula is C29H26F3N5O4. The molecule has 1 saturated heterocycles. The average Bonchev–Trinajstić information content (AvgIpc) is 3.41. The molecule has 0 radical (unpaired) electrons. The number of carbonyl (C=O) groups excluding carboxylic acids is 2. The number of methoxy groups -OCH3 is 2. The van der Waals surface area contributed by atoms with Gasteiger partial charge >= 0.3 is 18.1 Å². The number of ether oxygens (including phenoxy) is 2. The summed E-state index contributed by atoms with van der Waals surface area (Å²) in [6.45, 7) is 2.05. The number of halogens is 3. The molecule has 0 saturated carbocycles. The smallest absolute Gasteiger partial charge is 0.417 e. The molecule has 0 N–H and O–H groups in total. The second-order valence-electron chi connectivity index (χ2n) is 9.20. The first-order valence-corrected chi connectivity index (χ1v) is 12.7. The second-order valence-corrected chi connectivity index (χ2v) is 9.20. The first kappa shape index (κ1) is 27.7. The van der Waals surface area contributed by atoms with Gasteiger partial charge in [-0.2, -0.15) is 18.3 Å². The molecule has 3 heterocycles. The van der Waals surface area contributed by atoms with E-state index in [0.29, 0.717) is 43.2 Å². The highest BCUT2D eigenvalue weighted by Gasteiger charge is 2.34. The Bertz CT molecular complexity index is 1550. The van der Waals surface area contributed by atoms with E-state index < -0.39 is 23.7 Å². The maximum absolute atomic E-state index is 13.1. The SMILES string of the molecule is COC(=O)c1c(-c2ccccc2N2CCN(c3ccc(C(F)(F)F)cn3)CC2)nn(-c2ccccc2)c1C(=O)OC. The van der Waals surface area contributed by atoms with Crippen LogP contribution in [0.25, 0.3) is 16.9 Å². The third-order valence-electron chi connectivity index (χ3n) is 6.83. The Labute approximate surface area is 233 Å². The number of pyridine rings is 1. The topological polar surface area (TPSA) is 89.8 Å². The Morgan fingerprint density at radius 1 is 0.805 bits per heavy atom. The first-order valence-electron chi connectivity index (χ1n) is 12.7. The Kier molecular flexibility index (Phi) is 7.64. The standard InChI is InChI=1S/C29H26F3N5O4/c1-40-27(38)24-25(34-37(26(24)28(39)41-2)20-8-4-3-5-9-20)21-10-6-7-11-22(21)35-14-16-36(17-15-35)23-13-12-19(18-33-23)29(30,31)32/h3-13,18H,14-17H2,1-2H3. The summed E-state index contributed by atoms with van der Waals surface area (Å²) in [4.78, 5) is 34.1. The van der Waals surface area contributed by atoms with Crippen molar-refractivity contribution in [3.05, 3.63) is 89.7 Å². The quantitative estimate of drug-likeness (QED) is 0.307. The van der Waals surface area contributed by atoms with Gasteiger partial charge in [0, 0.05) is 43.6 Å². The van der Waals surface area contributed by atoms with Crippen LogP contribution >= 0.6 is 0 Å². The lowest BCUT2D eigenvalue weighted by atomic mass is 10.0. The van der Waals surface area contributed by atoms with Crippen molar-refractivity contribution >= 4 is 23.4 Å². The zero-order chi connectivity index (χ0) is 29.1. The van der Waals surface area contributed by atoms with E-state index in [4.69, 9.17) is 14.6 Å². The van der Waals surface area contributed by atoms with E-state index >= 15 is 0 Å². The van der Waals surface area contributed by atoms with Crippen molar-refractivity contribution in [2.75, 3.05) is 50.2 Å². The molecule has 1 aliphatic rings. The number of alkyl halides is 3. The van der Waals surface area contributed by atoms with Crippen LogP contribution in [0.3, 0.4) is 0 Å². The molecular weight excluding hydrogens is 539 g/mol. The van der Waals surface area contributed by atoms with E-state index in [-0.39, 0.29) is 17.0 Å². The summed E-state index contributed by atoms with van der Waals surface area (Å²) in [5.74, 6) is -1.03. The molecule has 0 spiro atoms. The summed E-state index contributed by atoms with van der Waals surface area (Å²) in [5.41, 5.74) is 1.30. The Balaban J connectivity index is 1.50. The van der Waals surface area contributed by atoms with Crippen molar-refractivity contribution in [3.8, 4) is 16.9 Å². The van der Waals surface area contributed by atoms with Gasteiger partial charge in [-0.1, -0.05) is 36.4 Å². The predicted molar refractivity (Wildman–Crippen MR) is 145 cm³/mol. The molecule has 0 atom stereocenters. The van der Waals surface area contributed by atoms with Crippen molar-refractivity contribution in [1.29, 1.82) is 0 Å². The summed E-state index contributed by atoms with van der Waals surface area (Å²) >= 11 is 0. The summed E-state index contributed by atoms with van der Waals surface area (Å²) in [6, 6.07) is 18.7. The maximum atomic E-state index is 13.1. The number of piperazine rings is 1. The van der Waals surface area contributed by atoms with Gasteiger partial charge in [0.25, 0.3) is 0 Å². The molecule has 0 unspecified atom stereocenters. The summed E-state index contributed by atoms with van der Waals surface area (Å²) in [6.07, 6.45) is -3.61. The lowest BCUT2D eigenvalue weighted by molar-refractivity contribution is -0.137. The van der Waals surface area contributed by atoms with Crippen LogP contribution in [-0.4, -0.2) is 67.1 Å². The molecule has 1 aliphatic heterocycles. The molecule has 212 valence electrons. The summed E-state index contributed by atoms with van der Waals surface area (Å²) in [7, 11) is 2.46. The fourth-order valence-electron chi connectivity index (χ4n) is 4.81.